The van der Waals surface area contributed by atoms with Crippen LogP contribution in [0.25, 0.3) is 0 Å². The van der Waals surface area contributed by atoms with E-state index in [2.05, 4.69) is 10.1 Å². The molecule has 154 valence electrons. The Bertz CT molecular complexity index is 1030. The Morgan fingerprint density at radius 1 is 1.03 bits per heavy atom. The molecule has 0 spiro atoms. The van der Waals surface area contributed by atoms with Crippen molar-refractivity contribution in [1.82, 2.24) is 4.31 Å². The highest BCUT2D eigenvalue weighted by Crippen LogP contribution is 2.22. The first-order chi connectivity index (χ1) is 13.8. The zero-order valence-corrected chi connectivity index (χ0v) is 16.7. The van der Waals surface area contributed by atoms with E-state index in [0.717, 1.165) is 31.4 Å². The van der Waals surface area contributed by atoms with E-state index in [0.29, 0.717) is 13.1 Å². The zero-order chi connectivity index (χ0) is 21.0. The van der Waals surface area contributed by atoms with Gasteiger partial charge in [0.15, 0.2) is 0 Å². The number of carbonyl (C=O) groups is 2. The van der Waals surface area contributed by atoms with Crippen LogP contribution in [-0.4, -0.2) is 44.8 Å². The van der Waals surface area contributed by atoms with Crippen LogP contribution in [0.4, 0.5) is 10.1 Å². The molecule has 0 saturated carbocycles. The lowest BCUT2D eigenvalue weighted by molar-refractivity contribution is 0.0600. The fourth-order valence-corrected chi connectivity index (χ4v) is 4.68. The Labute approximate surface area is 168 Å². The van der Waals surface area contributed by atoms with Crippen LogP contribution >= 0.6 is 0 Å². The van der Waals surface area contributed by atoms with E-state index < -0.39 is 27.7 Å². The highest BCUT2D eigenvalue weighted by atomic mass is 32.2. The molecule has 1 fully saturated rings. The van der Waals surface area contributed by atoms with Crippen molar-refractivity contribution in [1.29, 1.82) is 0 Å². The monoisotopic (exact) mass is 420 g/mol. The molecule has 0 unspecified atom stereocenters. The molecule has 1 heterocycles. The second-order valence-corrected chi connectivity index (χ2v) is 8.57. The van der Waals surface area contributed by atoms with Gasteiger partial charge in [-0.05, 0) is 49.2 Å². The summed E-state index contributed by atoms with van der Waals surface area (Å²) in [5, 5.41) is 2.37. The van der Waals surface area contributed by atoms with Crippen molar-refractivity contribution in [3.63, 3.8) is 0 Å². The van der Waals surface area contributed by atoms with Crippen LogP contribution in [-0.2, 0) is 14.8 Å². The van der Waals surface area contributed by atoms with Gasteiger partial charge < -0.3 is 10.1 Å². The summed E-state index contributed by atoms with van der Waals surface area (Å²) in [7, 11) is -2.51. The molecular formula is C20H21FN2O5S. The number of esters is 1. The van der Waals surface area contributed by atoms with Gasteiger partial charge in [0.2, 0.25) is 10.0 Å². The normalized spacial score (nSPS) is 15.0. The summed E-state index contributed by atoms with van der Waals surface area (Å²) in [5.41, 5.74) is -0.0706. The number of sulfonamides is 1. The molecule has 1 aliphatic heterocycles. The first-order valence-electron chi connectivity index (χ1n) is 9.12. The summed E-state index contributed by atoms with van der Waals surface area (Å²) in [5.74, 6) is -2.10. The second kappa shape index (κ2) is 8.71. The van der Waals surface area contributed by atoms with Crippen LogP contribution < -0.4 is 5.32 Å². The summed E-state index contributed by atoms with van der Waals surface area (Å²) in [6.45, 7) is 0.897. The lowest BCUT2D eigenvalue weighted by atomic mass is 10.1. The molecule has 0 radical (unpaired) electrons. The molecule has 1 saturated heterocycles. The summed E-state index contributed by atoms with van der Waals surface area (Å²) in [6.07, 6.45) is 2.59. The molecule has 3 rings (SSSR count). The standard InChI is InChI=1S/C20H21FN2O5S/c1-28-20(25)15-8-9-17(21)18(13-15)22-19(24)14-6-5-7-16(12-14)29(26,27)23-10-3-2-4-11-23/h5-9,12-13H,2-4,10-11H2,1H3,(H,22,24). The number of hydrogen-bond donors (Lipinski definition) is 1. The number of halogens is 1. The van der Waals surface area contributed by atoms with Gasteiger partial charge in [-0.1, -0.05) is 12.5 Å². The molecule has 0 atom stereocenters. The van der Waals surface area contributed by atoms with E-state index in [9.17, 15) is 22.4 Å². The average molecular weight is 420 g/mol. The molecule has 1 N–H and O–H groups in total. The van der Waals surface area contributed by atoms with Gasteiger partial charge in [0, 0.05) is 18.7 Å². The van der Waals surface area contributed by atoms with E-state index >= 15 is 0 Å². The highest BCUT2D eigenvalue weighted by molar-refractivity contribution is 7.89. The maximum absolute atomic E-state index is 14.1. The van der Waals surface area contributed by atoms with E-state index in [1.165, 1.54) is 41.7 Å². The van der Waals surface area contributed by atoms with Crippen molar-refractivity contribution in [2.24, 2.45) is 0 Å². The average Bonchev–Trinajstić information content (AvgIpc) is 2.75. The molecule has 29 heavy (non-hydrogen) atoms. The van der Waals surface area contributed by atoms with Gasteiger partial charge in [0.1, 0.15) is 5.82 Å². The van der Waals surface area contributed by atoms with Crippen LogP contribution in [0.15, 0.2) is 47.4 Å². The number of nitrogens with zero attached hydrogens (tertiary/aromatic N) is 1. The third kappa shape index (κ3) is 4.63. The summed E-state index contributed by atoms with van der Waals surface area (Å²) >= 11 is 0. The molecule has 1 aliphatic rings. The van der Waals surface area contributed by atoms with Crippen molar-refractivity contribution in [2.75, 3.05) is 25.5 Å². The molecule has 1 amide bonds. The SMILES string of the molecule is COC(=O)c1ccc(F)c(NC(=O)c2cccc(S(=O)(=O)N3CCCCC3)c2)c1. The van der Waals surface area contributed by atoms with Crippen molar-refractivity contribution >= 4 is 27.6 Å². The Balaban J connectivity index is 1.84. The molecule has 7 nitrogen and oxygen atoms in total. The van der Waals surface area contributed by atoms with Crippen molar-refractivity contribution in [2.45, 2.75) is 24.2 Å². The number of ether oxygens (including phenoxy) is 1. The van der Waals surface area contributed by atoms with E-state index in [1.807, 2.05) is 0 Å². The lowest BCUT2D eigenvalue weighted by Gasteiger charge is -2.26. The largest absolute Gasteiger partial charge is 0.465 e. The van der Waals surface area contributed by atoms with Crippen LogP contribution in [0.1, 0.15) is 40.0 Å². The number of rotatable bonds is 5. The molecule has 0 aromatic heterocycles. The quantitative estimate of drug-likeness (QED) is 0.751. The maximum atomic E-state index is 14.1. The minimum atomic E-state index is -3.70. The maximum Gasteiger partial charge on any atom is 0.337 e. The van der Waals surface area contributed by atoms with Gasteiger partial charge >= 0.3 is 5.97 Å². The molecule has 0 bridgehead atoms. The van der Waals surface area contributed by atoms with Gasteiger partial charge in [0.05, 0.1) is 23.3 Å². The fraction of sp³-hybridized carbons (Fsp3) is 0.300. The number of benzene rings is 2. The van der Waals surface area contributed by atoms with Crippen molar-refractivity contribution < 1.29 is 27.1 Å². The molecular weight excluding hydrogens is 399 g/mol. The van der Waals surface area contributed by atoms with Crippen LogP contribution in [0.5, 0.6) is 0 Å². The summed E-state index contributed by atoms with van der Waals surface area (Å²) in [4.78, 5) is 24.2. The van der Waals surface area contributed by atoms with E-state index in [1.54, 1.807) is 0 Å². The zero-order valence-electron chi connectivity index (χ0n) is 15.9. The van der Waals surface area contributed by atoms with E-state index in [4.69, 9.17) is 0 Å². The van der Waals surface area contributed by atoms with Crippen LogP contribution in [0, 0.1) is 5.82 Å². The van der Waals surface area contributed by atoms with Gasteiger partial charge in [-0.25, -0.2) is 17.6 Å². The predicted molar refractivity (Wildman–Crippen MR) is 105 cm³/mol. The molecule has 9 heteroatoms. The number of piperidine rings is 1. The first-order valence-corrected chi connectivity index (χ1v) is 10.6. The highest BCUT2D eigenvalue weighted by Gasteiger charge is 2.26. The Hall–Kier alpha value is -2.78. The number of methoxy groups -OCH3 is 1. The van der Waals surface area contributed by atoms with Gasteiger partial charge in [-0.2, -0.15) is 4.31 Å². The second-order valence-electron chi connectivity index (χ2n) is 6.63. The van der Waals surface area contributed by atoms with Crippen molar-refractivity contribution in [3.8, 4) is 0 Å². The van der Waals surface area contributed by atoms with Gasteiger partial charge in [0.25, 0.3) is 5.91 Å². The van der Waals surface area contributed by atoms with Crippen molar-refractivity contribution in [3.05, 3.63) is 59.4 Å². The topological polar surface area (TPSA) is 92.8 Å². The smallest absolute Gasteiger partial charge is 0.337 e. The molecule has 2 aromatic carbocycles. The summed E-state index contributed by atoms with van der Waals surface area (Å²) in [6, 6.07) is 9.04. The number of hydrogen-bond acceptors (Lipinski definition) is 5. The third-order valence-corrected chi connectivity index (χ3v) is 6.58. The lowest BCUT2D eigenvalue weighted by Crippen LogP contribution is -2.35. The van der Waals surface area contributed by atoms with Crippen LogP contribution in [0.2, 0.25) is 0 Å². The Morgan fingerprint density at radius 2 is 1.76 bits per heavy atom. The summed E-state index contributed by atoms with van der Waals surface area (Å²) < 4.78 is 45.7. The predicted octanol–water partition coefficient (Wildman–Crippen LogP) is 3.04. The number of nitrogens with one attached hydrogen (secondary N) is 1. The van der Waals surface area contributed by atoms with Gasteiger partial charge in [-0.15, -0.1) is 0 Å². The number of amides is 1. The van der Waals surface area contributed by atoms with Crippen LogP contribution in [0.3, 0.4) is 0 Å². The number of anilines is 1. The Morgan fingerprint density at radius 3 is 2.45 bits per heavy atom. The molecule has 0 aliphatic carbocycles. The first kappa shape index (κ1) is 20.9. The molecule has 2 aromatic rings. The number of carbonyl (C=O) groups excluding carboxylic acids is 2. The minimum Gasteiger partial charge on any atom is -0.465 e. The van der Waals surface area contributed by atoms with E-state index in [-0.39, 0.29) is 21.7 Å². The Kier molecular flexibility index (Phi) is 6.29. The van der Waals surface area contributed by atoms with Gasteiger partial charge in [-0.3, -0.25) is 4.79 Å². The fourth-order valence-electron chi connectivity index (χ4n) is 3.11. The minimum absolute atomic E-state index is 0.0100. The third-order valence-electron chi connectivity index (χ3n) is 4.68.